The Hall–Kier alpha value is -1.94. The minimum atomic E-state index is -2.75. The van der Waals surface area contributed by atoms with E-state index in [1.165, 1.54) is 0 Å². The van der Waals surface area contributed by atoms with Crippen molar-refractivity contribution in [3.8, 4) is 11.5 Å². The van der Waals surface area contributed by atoms with Crippen LogP contribution < -0.4 is 10.5 Å². The minimum Gasteiger partial charge on any atom is -0.457 e. The Morgan fingerprint density at radius 3 is 2.20 bits per heavy atom. The average Bonchev–Trinajstić information content (AvgIpc) is 3.04. The summed E-state index contributed by atoms with van der Waals surface area (Å²) in [6.07, 6.45) is -0.217. The second-order valence-corrected chi connectivity index (χ2v) is 5.08. The van der Waals surface area contributed by atoms with E-state index in [2.05, 4.69) is 0 Å². The summed E-state index contributed by atoms with van der Waals surface area (Å²) < 4.78 is 33.2. The molecule has 1 aliphatic carbocycles. The van der Waals surface area contributed by atoms with Gasteiger partial charge in [-0.2, -0.15) is 0 Å². The van der Waals surface area contributed by atoms with E-state index in [0.717, 1.165) is 0 Å². The molecule has 1 atom stereocenters. The molecule has 104 valence electrons. The van der Waals surface area contributed by atoms with E-state index in [0.29, 0.717) is 17.1 Å². The van der Waals surface area contributed by atoms with Crippen molar-refractivity contribution in [2.24, 2.45) is 5.73 Å². The smallest absolute Gasteiger partial charge is 0.260 e. The van der Waals surface area contributed by atoms with Crippen LogP contribution in [0.4, 0.5) is 8.78 Å². The summed E-state index contributed by atoms with van der Waals surface area (Å²) in [7, 11) is 0. The molecule has 1 fully saturated rings. The number of alkyl halides is 2. The number of halogens is 2. The maximum absolute atomic E-state index is 13.7. The zero-order valence-electron chi connectivity index (χ0n) is 10.9. The molecule has 0 saturated heterocycles. The third kappa shape index (κ3) is 1.96. The molecule has 0 heterocycles. The van der Waals surface area contributed by atoms with Gasteiger partial charge in [-0.3, -0.25) is 0 Å². The van der Waals surface area contributed by atoms with Crippen molar-refractivity contribution in [2.75, 3.05) is 6.54 Å². The van der Waals surface area contributed by atoms with Crippen LogP contribution in [0.25, 0.3) is 0 Å². The van der Waals surface area contributed by atoms with Crippen LogP contribution in [-0.4, -0.2) is 12.5 Å². The van der Waals surface area contributed by atoms with E-state index in [1.807, 2.05) is 18.2 Å². The largest absolute Gasteiger partial charge is 0.457 e. The van der Waals surface area contributed by atoms with Crippen LogP contribution in [-0.2, 0) is 5.41 Å². The fraction of sp³-hybridized carbons (Fsp3) is 0.250. The quantitative estimate of drug-likeness (QED) is 0.923. The van der Waals surface area contributed by atoms with Crippen LogP contribution in [0, 0.1) is 0 Å². The molecule has 2 aromatic rings. The van der Waals surface area contributed by atoms with Crippen molar-refractivity contribution in [1.29, 1.82) is 0 Å². The van der Waals surface area contributed by atoms with E-state index < -0.39 is 11.3 Å². The molecule has 0 spiro atoms. The fourth-order valence-electron chi connectivity index (χ4n) is 2.53. The van der Waals surface area contributed by atoms with Gasteiger partial charge in [-0.1, -0.05) is 36.4 Å². The van der Waals surface area contributed by atoms with Crippen molar-refractivity contribution >= 4 is 0 Å². The number of benzene rings is 2. The zero-order valence-corrected chi connectivity index (χ0v) is 10.9. The molecule has 2 aromatic carbocycles. The Bertz CT molecular complexity index is 615. The maximum atomic E-state index is 13.7. The second-order valence-electron chi connectivity index (χ2n) is 5.08. The number of hydrogen-bond acceptors (Lipinski definition) is 2. The number of nitrogens with two attached hydrogens (primary N) is 1. The van der Waals surface area contributed by atoms with Crippen LogP contribution in [0.5, 0.6) is 11.5 Å². The lowest BCUT2D eigenvalue weighted by atomic mass is 9.94. The molecule has 4 heteroatoms. The van der Waals surface area contributed by atoms with E-state index >= 15 is 0 Å². The van der Waals surface area contributed by atoms with E-state index in [4.69, 9.17) is 10.5 Å². The summed E-state index contributed by atoms with van der Waals surface area (Å²) >= 11 is 0. The van der Waals surface area contributed by atoms with E-state index in [-0.39, 0.29) is 13.0 Å². The van der Waals surface area contributed by atoms with Gasteiger partial charge in [0.1, 0.15) is 11.5 Å². The average molecular weight is 275 g/mol. The van der Waals surface area contributed by atoms with Gasteiger partial charge in [0.15, 0.2) is 0 Å². The number of hydrogen-bond donors (Lipinski definition) is 1. The van der Waals surface area contributed by atoms with Crippen LogP contribution in [0.1, 0.15) is 12.0 Å². The highest BCUT2D eigenvalue weighted by Gasteiger charge is 2.71. The monoisotopic (exact) mass is 275 g/mol. The van der Waals surface area contributed by atoms with Crippen molar-refractivity contribution in [2.45, 2.75) is 17.8 Å². The van der Waals surface area contributed by atoms with Crippen molar-refractivity contribution in [3.05, 3.63) is 60.2 Å². The molecule has 0 aliphatic heterocycles. The molecule has 2 nitrogen and oxygen atoms in total. The molecule has 0 aromatic heterocycles. The van der Waals surface area contributed by atoms with E-state index in [9.17, 15) is 8.78 Å². The Kier molecular flexibility index (Phi) is 2.98. The maximum Gasteiger partial charge on any atom is 0.260 e. The summed E-state index contributed by atoms with van der Waals surface area (Å²) in [5.74, 6) is -1.69. The van der Waals surface area contributed by atoms with Gasteiger partial charge in [0.2, 0.25) is 0 Å². The van der Waals surface area contributed by atoms with Gasteiger partial charge in [-0.15, -0.1) is 0 Å². The Labute approximate surface area is 116 Å². The van der Waals surface area contributed by atoms with Gasteiger partial charge in [-0.25, -0.2) is 8.78 Å². The first-order valence-electron chi connectivity index (χ1n) is 6.49. The molecule has 20 heavy (non-hydrogen) atoms. The van der Waals surface area contributed by atoms with Gasteiger partial charge in [0, 0.05) is 18.5 Å². The third-order valence-corrected chi connectivity index (χ3v) is 3.82. The van der Waals surface area contributed by atoms with Crippen molar-refractivity contribution in [3.63, 3.8) is 0 Å². The molecule has 1 saturated carbocycles. The second kappa shape index (κ2) is 4.56. The van der Waals surface area contributed by atoms with Crippen molar-refractivity contribution in [1.82, 2.24) is 0 Å². The molecule has 3 rings (SSSR count). The van der Waals surface area contributed by atoms with Gasteiger partial charge in [0.05, 0.1) is 5.41 Å². The normalized spacial score (nSPS) is 23.4. The van der Waals surface area contributed by atoms with Gasteiger partial charge in [-0.05, 0) is 18.2 Å². The molecule has 2 N–H and O–H groups in total. The SMILES string of the molecule is NCC1(c2ccccc2Oc2ccccc2)CC1(F)F. The topological polar surface area (TPSA) is 35.2 Å². The number of rotatable bonds is 4. The van der Waals surface area contributed by atoms with Gasteiger partial charge in [0.25, 0.3) is 5.92 Å². The molecular weight excluding hydrogens is 260 g/mol. The van der Waals surface area contributed by atoms with E-state index in [1.54, 1.807) is 36.4 Å². The van der Waals surface area contributed by atoms with Crippen LogP contribution in [0.3, 0.4) is 0 Å². The first-order valence-corrected chi connectivity index (χ1v) is 6.49. The summed E-state index contributed by atoms with van der Waals surface area (Å²) in [6.45, 7) is -0.0881. The van der Waals surface area contributed by atoms with Crippen molar-refractivity contribution < 1.29 is 13.5 Å². The fourth-order valence-corrected chi connectivity index (χ4v) is 2.53. The van der Waals surface area contributed by atoms with Crippen LogP contribution in [0.2, 0.25) is 0 Å². The van der Waals surface area contributed by atoms with Gasteiger partial charge >= 0.3 is 0 Å². The molecule has 1 unspecified atom stereocenters. The summed E-state index contributed by atoms with van der Waals surface area (Å²) in [4.78, 5) is 0. The lowest BCUT2D eigenvalue weighted by Gasteiger charge is -2.18. The third-order valence-electron chi connectivity index (χ3n) is 3.82. The summed E-state index contributed by atoms with van der Waals surface area (Å²) in [5, 5.41) is 0. The molecule has 1 aliphatic rings. The Morgan fingerprint density at radius 1 is 1.00 bits per heavy atom. The first-order chi connectivity index (χ1) is 9.59. The minimum absolute atomic E-state index is 0.0881. The summed E-state index contributed by atoms with van der Waals surface area (Å²) in [5.41, 5.74) is 4.81. The molecule has 0 amide bonds. The van der Waals surface area contributed by atoms with Crippen LogP contribution in [0.15, 0.2) is 54.6 Å². The number of para-hydroxylation sites is 2. The Balaban J connectivity index is 1.98. The number of ether oxygens (including phenoxy) is 1. The van der Waals surface area contributed by atoms with Gasteiger partial charge < -0.3 is 10.5 Å². The molecule has 0 bridgehead atoms. The highest BCUT2D eigenvalue weighted by molar-refractivity contribution is 5.49. The Morgan fingerprint density at radius 2 is 1.60 bits per heavy atom. The lowest BCUT2D eigenvalue weighted by Crippen LogP contribution is -2.27. The predicted octanol–water partition coefficient (Wildman–Crippen LogP) is 3.71. The standard InChI is InChI=1S/C16H15F2NO/c17-16(18)10-15(16,11-19)13-8-4-5-9-14(13)20-12-6-2-1-3-7-12/h1-9H,10-11,19H2. The predicted molar refractivity (Wildman–Crippen MR) is 73.3 cm³/mol. The lowest BCUT2D eigenvalue weighted by molar-refractivity contribution is 0.0890. The van der Waals surface area contributed by atoms with Crippen LogP contribution >= 0.6 is 0 Å². The first kappa shape index (κ1) is 13.1. The summed E-state index contributed by atoms with van der Waals surface area (Å²) in [6, 6.07) is 16.0. The highest BCUT2D eigenvalue weighted by atomic mass is 19.3. The molecular formula is C16H15F2NO. The zero-order chi connectivity index (χ0) is 14.2. The highest BCUT2D eigenvalue weighted by Crippen LogP contribution is 2.62. The molecule has 0 radical (unpaired) electrons.